The third kappa shape index (κ3) is 5.30. The monoisotopic (exact) mass is 381 g/mol. The minimum atomic E-state index is -0.572. The van der Waals surface area contributed by atoms with Crippen LogP contribution in [-0.2, 0) is 4.74 Å². The summed E-state index contributed by atoms with van der Waals surface area (Å²) in [5.74, 6) is 0.157. The van der Waals surface area contributed by atoms with Gasteiger partial charge in [-0.3, -0.25) is 14.9 Å². The Balaban J connectivity index is 2.15. The average Bonchev–Trinajstić information content (AvgIpc) is 2.68. The van der Waals surface area contributed by atoms with E-state index in [-0.39, 0.29) is 29.0 Å². The summed E-state index contributed by atoms with van der Waals surface area (Å²) in [4.78, 5) is 25.4. The van der Waals surface area contributed by atoms with Crippen molar-refractivity contribution in [3.63, 3.8) is 0 Å². The Morgan fingerprint density at radius 2 is 2.04 bits per heavy atom. The first-order valence-electron chi connectivity index (χ1n) is 9.12. The maximum Gasteiger partial charge on any atom is 0.286 e. The molecule has 0 radical (unpaired) electrons. The number of hydrogen-bond donors (Lipinski definition) is 1. The zero-order chi connectivity index (χ0) is 19.8. The number of nitrogens with two attached hydrogens (primary N) is 1. The number of nitro benzene ring substituents is 1. The van der Waals surface area contributed by atoms with Crippen molar-refractivity contribution < 1.29 is 23.9 Å². The fraction of sp³-hybridized carbons (Fsp3) is 0.611. The summed E-state index contributed by atoms with van der Waals surface area (Å²) >= 11 is 0. The first kappa shape index (κ1) is 20.9. The van der Waals surface area contributed by atoms with Crippen molar-refractivity contribution in [1.29, 1.82) is 0 Å². The van der Waals surface area contributed by atoms with Gasteiger partial charge in [0.05, 0.1) is 30.8 Å². The number of carbonyl (C=O) groups is 1. The molecule has 1 aromatic rings. The number of hydrogen-bond acceptors (Lipinski definition) is 7. The molecule has 0 spiro atoms. The van der Waals surface area contributed by atoms with E-state index < -0.39 is 4.92 Å². The molecule has 1 saturated heterocycles. The molecule has 1 amide bonds. The highest BCUT2D eigenvalue weighted by atomic mass is 16.6. The zero-order valence-corrected chi connectivity index (χ0v) is 15.8. The van der Waals surface area contributed by atoms with Crippen LogP contribution in [0.25, 0.3) is 0 Å². The van der Waals surface area contributed by atoms with Gasteiger partial charge in [-0.05, 0) is 32.7 Å². The van der Waals surface area contributed by atoms with Crippen LogP contribution in [0.15, 0.2) is 12.1 Å². The Hall–Kier alpha value is -2.39. The highest BCUT2D eigenvalue weighted by Crippen LogP contribution is 2.35. The zero-order valence-electron chi connectivity index (χ0n) is 15.8. The average molecular weight is 381 g/mol. The molecule has 1 aliphatic heterocycles. The smallest absolute Gasteiger partial charge is 0.286 e. The summed E-state index contributed by atoms with van der Waals surface area (Å²) in [5.41, 5.74) is 5.17. The van der Waals surface area contributed by atoms with Crippen molar-refractivity contribution in [2.24, 2.45) is 5.73 Å². The van der Waals surface area contributed by atoms with E-state index in [0.29, 0.717) is 51.4 Å². The van der Waals surface area contributed by atoms with Crippen LogP contribution < -0.4 is 15.2 Å². The predicted octanol–water partition coefficient (Wildman–Crippen LogP) is 1.97. The third-order valence-corrected chi connectivity index (χ3v) is 4.44. The Kier molecular flexibility index (Phi) is 7.81. The number of likely N-dealkylation sites (tertiary alicyclic amines) is 1. The molecule has 1 fully saturated rings. The van der Waals surface area contributed by atoms with Crippen LogP contribution in [0.4, 0.5) is 5.69 Å². The summed E-state index contributed by atoms with van der Waals surface area (Å²) in [7, 11) is 1.43. The van der Waals surface area contributed by atoms with Crippen molar-refractivity contribution >= 4 is 11.6 Å². The van der Waals surface area contributed by atoms with Crippen LogP contribution in [0.2, 0.25) is 0 Å². The molecule has 150 valence electrons. The molecule has 0 bridgehead atoms. The number of rotatable bonds is 9. The SMILES string of the molecule is CCOc1cc([N+](=O)[O-])c(C(=O)N2CCC(OCCCN)CC2)cc1OC. The second kappa shape index (κ2) is 10.1. The largest absolute Gasteiger partial charge is 0.493 e. The van der Waals surface area contributed by atoms with Gasteiger partial charge in [-0.1, -0.05) is 0 Å². The molecule has 9 nitrogen and oxygen atoms in total. The topological polar surface area (TPSA) is 117 Å². The molecule has 1 heterocycles. The molecule has 27 heavy (non-hydrogen) atoms. The maximum absolute atomic E-state index is 12.9. The van der Waals surface area contributed by atoms with E-state index in [1.807, 2.05) is 0 Å². The Labute approximate surface area is 158 Å². The van der Waals surface area contributed by atoms with Crippen LogP contribution in [0.1, 0.15) is 36.5 Å². The fourth-order valence-electron chi connectivity index (χ4n) is 3.03. The number of nitro groups is 1. The summed E-state index contributed by atoms with van der Waals surface area (Å²) in [6.45, 7) is 4.26. The van der Waals surface area contributed by atoms with Gasteiger partial charge < -0.3 is 24.8 Å². The number of nitrogens with zero attached hydrogens (tertiary/aromatic N) is 2. The first-order chi connectivity index (χ1) is 13.0. The van der Waals surface area contributed by atoms with Crippen LogP contribution in [-0.4, -0.2) is 61.8 Å². The van der Waals surface area contributed by atoms with Gasteiger partial charge in [0, 0.05) is 25.8 Å². The predicted molar refractivity (Wildman–Crippen MR) is 99.4 cm³/mol. The van der Waals surface area contributed by atoms with Crippen molar-refractivity contribution in [3.8, 4) is 11.5 Å². The lowest BCUT2D eigenvalue weighted by molar-refractivity contribution is -0.385. The summed E-state index contributed by atoms with van der Waals surface area (Å²) in [5, 5.41) is 11.5. The van der Waals surface area contributed by atoms with Gasteiger partial charge in [-0.25, -0.2) is 0 Å². The molecule has 0 atom stereocenters. The summed E-state index contributed by atoms with van der Waals surface area (Å²) in [6, 6.07) is 2.63. The van der Waals surface area contributed by atoms with E-state index in [1.54, 1.807) is 11.8 Å². The highest BCUT2D eigenvalue weighted by molar-refractivity contribution is 5.99. The lowest BCUT2D eigenvalue weighted by Gasteiger charge is -2.32. The number of carbonyl (C=O) groups excluding carboxylic acids is 1. The number of piperidine rings is 1. The number of methoxy groups -OCH3 is 1. The second-order valence-corrected chi connectivity index (χ2v) is 6.21. The summed E-state index contributed by atoms with van der Waals surface area (Å²) < 4.78 is 16.3. The van der Waals surface area contributed by atoms with Crippen LogP contribution in [0.5, 0.6) is 11.5 Å². The molecular formula is C18H27N3O6. The van der Waals surface area contributed by atoms with E-state index in [1.165, 1.54) is 19.2 Å². The maximum atomic E-state index is 12.9. The van der Waals surface area contributed by atoms with Gasteiger partial charge in [-0.15, -0.1) is 0 Å². The Morgan fingerprint density at radius 3 is 2.59 bits per heavy atom. The Morgan fingerprint density at radius 1 is 1.33 bits per heavy atom. The Bertz CT molecular complexity index is 659. The molecule has 0 saturated carbocycles. The minimum Gasteiger partial charge on any atom is -0.493 e. The standard InChI is InChI=1S/C18H27N3O6/c1-3-26-17-12-15(21(23)24)14(11-16(17)25-2)18(22)20-8-5-13(6-9-20)27-10-4-7-19/h11-13H,3-10,19H2,1-2H3. The molecule has 0 unspecified atom stereocenters. The van der Waals surface area contributed by atoms with E-state index in [2.05, 4.69) is 0 Å². The summed E-state index contributed by atoms with van der Waals surface area (Å²) in [6.07, 6.45) is 2.28. The second-order valence-electron chi connectivity index (χ2n) is 6.21. The molecule has 1 aromatic carbocycles. The van der Waals surface area contributed by atoms with Crippen molar-refractivity contribution in [1.82, 2.24) is 4.90 Å². The van der Waals surface area contributed by atoms with Crippen molar-refractivity contribution in [2.75, 3.05) is 40.0 Å². The van der Waals surface area contributed by atoms with Gasteiger partial charge >= 0.3 is 0 Å². The van der Waals surface area contributed by atoms with Crippen molar-refractivity contribution in [3.05, 3.63) is 27.8 Å². The van der Waals surface area contributed by atoms with E-state index in [9.17, 15) is 14.9 Å². The number of amides is 1. The van der Waals surface area contributed by atoms with Gasteiger partial charge in [0.1, 0.15) is 5.56 Å². The van der Waals surface area contributed by atoms with E-state index in [4.69, 9.17) is 19.9 Å². The van der Waals surface area contributed by atoms with Crippen LogP contribution in [0, 0.1) is 10.1 Å². The third-order valence-electron chi connectivity index (χ3n) is 4.44. The van der Waals surface area contributed by atoms with Crippen LogP contribution >= 0.6 is 0 Å². The van der Waals surface area contributed by atoms with Gasteiger partial charge in [0.15, 0.2) is 11.5 Å². The van der Waals surface area contributed by atoms with Crippen LogP contribution in [0.3, 0.4) is 0 Å². The molecular weight excluding hydrogens is 354 g/mol. The van der Waals surface area contributed by atoms with Crippen molar-refractivity contribution in [2.45, 2.75) is 32.3 Å². The van der Waals surface area contributed by atoms with Gasteiger partial charge in [0.25, 0.3) is 11.6 Å². The van der Waals surface area contributed by atoms with E-state index >= 15 is 0 Å². The lowest BCUT2D eigenvalue weighted by Crippen LogP contribution is -2.41. The fourth-order valence-corrected chi connectivity index (χ4v) is 3.03. The number of benzene rings is 1. The van der Waals surface area contributed by atoms with E-state index in [0.717, 1.165) is 6.42 Å². The van der Waals surface area contributed by atoms with Gasteiger partial charge in [0.2, 0.25) is 0 Å². The molecule has 0 aromatic heterocycles. The lowest BCUT2D eigenvalue weighted by atomic mass is 10.0. The molecule has 1 aliphatic rings. The number of ether oxygens (including phenoxy) is 3. The van der Waals surface area contributed by atoms with Gasteiger partial charge in [-0.2, -0.15) is 0 Å². The quantitative estimate of drug-likeness (QED) is 0.395. The molecule has 2 rings (SSSR count). The molecule has 9 heteroatoms. The molecule has 2 N–H and O–H groups in total. The first-order valence-corrected chi connectivity index (χ1v) is 9.12. The highest BCUT2D eigenvalue weighted by Gasteiger charge is 2.30. The molecule has 0 aliphatic carbocycles. The normalized spacial score (nSPS) is 14.9. The minimum absolute atomic E-state index is 0.00260.